The van der Waals surface area contributed by atoms with Crippen LogP contribution in [-0.4, -0.2) is 37.3 Å². The van der Waals surface area contributed by atoms with Crippen molar-refractivity contribution in [3.63, 3.8) is 0 Å². The molecule has 1 aromatic carbocycles. The molecule has 1 aromatic heterocycles. The summed E-state index contributed by atoms with van der Waals surface area (Å²) >= 11 is 1.38. The first kappa shape index (κ1) is 16.9. The zero-order valence-electron chi connectivity index (χ0n) is 13.0. The third-order valence-electron chi connectivity index (χ3n) is 3.73. The third-order valence-corrected chi connectivity index (χ3v) is 6.07. The standard InChI is InChI=1S/C15H17N3O4S2/c1-24(21,22)18(9-10-2-4-11(5-3-10)14(19)20)15-17-12-6-7-16-8-13(12)23-15/h2-5,16H,6-9H2,1H3,(H,19,20). The van der Waals surface area contributed by atoms with Gasteiger partial charge in [0.25, 0.3) is 0 Å². The van der Waals surface area contributed by atoms with Gasteiger partial charge in [-0.25, -0.2) is 22.5 Å². The van der Waals surface area contributed by atoms with E-state index in [1.165, 1.54) is 27.8 Å². The van der Waals surface area contributed by atoms with Crippen molar-refractivity contribution >= 4 is 32.5 Å². The average molecular weight is 367 g/mol. The molecule has 0 fully saturated rings. The number of hydrogen-bond donors (Lipinski definition) is 2. The Morgan fingerprint density at radius 3 is 2.67 bits per heavy atom. The number of rotatable bonds is 5. The molecule has 0 saturated heterocycles. The number of sulfonamides is 1. The number of fused-ring (bicyclic) bond motifs is 1. The monoisotopic (exact) mass is 367 g/mol. The predicted octanol–water partition coefficient (Wildman–Crippen LogP) is 1.45. The lowest BCUT2D eigenvalue weighted by Gasteiger charge is -2.19. The number of hydrogen-bond acceptors (Lipinski definition) is 6. The number of carbonyl (C=O) groups is 1. The Morgan fingerprint density at radius 2 is 2.08 bits per heavy atom. The van der Waals surface area contributed by atoms with Gasteiger partial charge in [-0.05, 0) is 17.7 Å². The van der Waals surface area contributed by atoms with Gasteiger partial charge in [0.2, 0.25) is 10.0 Å². The van der Waals surface area contributed by atoms with E-state index in [2.05, 4.69) is 10.3 Å². The molecule has 0 spiro atoms. The second kappa shape index (κ2) is 6.50. The van der Waals surface area contributed by atoms with Gasteiger partial charge in [-0.1, -0.05) is 23.5 Å². The normalized spacial score (nSPS) is 14.2. The second-order valence-corrected chi connectivity index (χ2v) is 8.53. The van der Waals surface area contributed by atoms with E-state index < -0.39 is 16.0 Å². The summed E-state index contributed by atoms with van der Waals surface area (Å²) in [5.41, 5.74) is 1.82. The van der Waals surface area contributed by atoms with Crippen LogP contribution in [0.3, 0.4) is 0 Å². The molecule has 0 aliphatic carbocycles. The molecular weight excluding hydrogens is 350 g/mol. The number of aromatic nitrogens is 1. The molecule has 1 aliphatic rings. The van der Waals surface area contributed by atoms with Crippen molar-refractivity contribution in [2.45, 2.75) is 19.5 Å². The van der Waals surface area contributed by atoms with E-state index in [0.29, 0.717) is 17.2 Å². The summed E-state index contributed by atoms with van der Waals surface area (Å²) in [4.78, 5) is 16.5. The maximum Gasteiger partial charge on any atom is 0.335 e. The molecule has 128 valence electrons. The second-order valence-electron chi connectivity index (χ2n) is 5.56. The fourth-order valence-corrected chi connectivity index (χ4v) is 4.67. The van der Waals surface area contributed by atoms with Crippen LogP contribution in [0.1, 0.15) is 26.5 Å². The summed E-state index contributed by atoms with van der Waals surface area (Å²) in [5, 5.41) is 12.6. The number of thiazole rings is 1. The van der Waals surface area contributed by atoms with Crippen molar-refractivity contribution in [1.29, 1.82) is 0 Å². The largest absolute Gasteiger partial charge is 0.478 e. The lowest BCUT2D eigenvalue weighted by molar-refractivity contribution is 0.0697. The lowest BCUT2D eigenvalue weighted by atomic mass is 10.1. The average Bonchev–Trinajstić information content (AvgIpc) is 2.95. The van der Waals surface area contributed by atoms with E-state index in [9.17, 15) is 13.2 Å². The summed E-state index contributed by atoms with van der Waals surface area (Å²) in [6, 6.07) is 6.18. The van der Waals surface area contributed by atoms with E-state index in [0.717, 1.165) is 29.8 Å². The number of nitrogens with one attached hydrogen (secondary N) is 1. The summed E-state index contributed by atoms with van der Waals surface area (Å²) in [5.74, 6) is -1.01. The van der Waals surface area contributed by atoms with E-state index >= 15 is 0 Å². The van der Waals surface area contributed by atoms with Gasteiger partial charge in [0, 0.05) is 24.4 Å². The first-order valence-electron chi connectivity index (χ1n) is 7.34. The minimum Gasteiger partial charge on any atom is -0.478 e. The Balaban J connectivity index is 1.90. The Morgan fingerprint density at radius 1 is 1.38 bits per heavy atom. The number of nitrogens with zero attached hydrogens (tertiary/aromatic N) is 2. The van der Waals surface area contributed by atoms with Crippen LogP contribution < -0.4 is 9.62 Å². The molecule has 3 rings (SSSR count). The molecule has 0 unspecified atom stereocenters. The van der Waals surface area contributed by atoms with Gasteiger partial charge < -0.3 is 10.4 Å². The van der Waals surface area contributed by atoms with Crippen molar-refractivity contribution in [3.05, 3.63) is 46.0 Å². The lowest BCUT2D eigenvalue weighted by Crippen LogP contribution is -2.29. The van der Waals surface area contributed by atoms with Crippen molar-refractivity contribution in [2.24, 2.45) is 0 Å². The van der Waals surface area contributed by atoms with Crippen LogP contribution in [0, 0.1) is 0 Å². The Labute approximate surface area is 144 Å². The van der Waals surface area contributed by atoms with Gasteiger partial charge in [0.05, 0.1) is 24.1 Å². The van der Waals surface area contributed by atoms with E-state index in [-0.39, 0.29) is 12.1 Å². The molecule has 1 aliphatic heterocycles. The Hall–Kier alpha value is -1.97. The molecule has 0 saturated carbocycles. The van der Waals surface area contributed by atoms with Crippen molar-refractivity contribution in [1.82, 2.24) is 10.3 Å². The highest BCUT2D eigenvalue weighted by atomic mass is 32.2. The molecule has 9 heteroatoms. The van der Waals surface area contributed by atoms with Crippen molar-refractivity contribution in [3.8, 4) is 0 Å². The van der Waals surface area contributed by atoms with Crippen molar-refractivity contribution in [2.75, 3.05) is 17.1 Å². The molecule has 7 nitrogen and oxygen atoms in total. The molecule has 24 heavy (non-hydrogen) atoms. The molecule has 2 N–H and O–H groups in total. The Bertz CT molecular complexity index is 836. The smallest absolute Gasteiger partial charge is 0.335 e. The highest BCUT2D eigenvalue weighted by Crippen LogP contribution is 2.30. The van der Waals surface area contributed by atoms with Crippen LogP contribution >= 0.6 is 11.3 Å². The highest BCUT2D eigenvalue weighted by molar-refractivity contribution is 7.92. The number of carboxylic acids is 1. The quantitative estimate of drug-likeness (QED) is 0.830. The van der Waals surface area contributed by atoms with Gasteiger partial charge in [0.15, 0.2) is 5.13 Å². The maximum absolute atomic E-state index is 12.2. The van der Waals surface area contributed by atoms with Crippen LogP contribution in [0.2, 0.25) is 0 Å². The van der Waals surface area contributed by atoms with Gasteiger partial charge >= 0.3 is 5.97 Å². The first-order chi connectivity index (χ1) is 11.3. The van der Waals surface area contributed by atoms with Crippen LogP contribution in [0.25, 0.3) is 0 Å². The molecule has 0 amide bonds. The van der Waals surface area contributed by atoms with Crippen molar-refractivity contribution < 1.29 is 18.3 Å². The van der Waals surface area contributed by atoms with Crippen LogP contribution in [0.5, 0.6) is 0 Å². The van der Waals surface area contributed by atoms with Gasteiger partial charge in [-0.2, -0.15) is 0 Å². The number of carboxylic acid groups (broad SMARTS) is 1. The fraction of sp³-hybridized carbons (Fsp3) is 0.333. The topological polar surface area (TPSA) is 99.6 Å². The van der Waals surface area contributed by atoms with Gasteiger partial charge in [-0.3, -0.25) is 0 Å². The molecule has 0 atom stereocenters. The van der Waals surface area contributed by atoms with E-state index in [1.54, 1.807) is 12.1 Å². The minimum atomic E-state index is -3.50. The zero-order chi connectivity index (χ0) is 17.3. The number of anilines is 1. The Kier molecular flexibility index (Phi) is 4.57. The fourth-order valence-electron chi connectivity index (χ4n) is 2.46. The molecule has 0 bridgehead atoms. The van der Waals surface area contributed by atoms with Gasteiger partial charge in [0.1, 0.15) is 0 Å². The first-order valence-corrected chi connectivity index (χ1v) is 10.0. The molecule has 2 aromatic rings. The zero-order valence-corrected chi connectivity index (χ0v) is 14.7. The van der Waals surface area contributed by atoms with Crippen LogP contribution in [0.4, 0.5) is 5.13 Å². The minimum absolute atomic E-state index is 0.124. The number of benzene rings is 1. The third kappa shape index (κ3) is 3.58. The number of aromatic carboxylic acids is 1. The maximum atomic E-state index is 12.2. The van der Waals surface area contributed by atoms with Crippen LogP contribution in [0.15, 0.2) is 24.3 Å². The summed E-state index contributed by atoms with van der Waals surface area (Å²) in [7, 11) is -3.50. The highest BCUT2D eigenvalue weighted by Gasteiger charge is 2.24. The predicted molar refractivity (Wildman–Crippen MR) is 92.0 cm³/mol. The van der Waals surface area contributed by atoms with E-state index in [1.807, 2.05) is 0 Å². The van der Waals surface area contributed by atoms with Gasteiger partial charge in [-0.15, -0.1) is 0 Å². The summed E-state index contributed by atoms with van der Waals surface area (Å²) in [6.07, 6.45) is 1.94. The molecular formula is C15H17N3O4S2. The van der Waals surface area contributed by atoms with Crippen LogP contribution in [-0.2, 0) is 29.5 Å². The SMILES string of the molecule is CS(=O)(=O)N(Cc1ccc(C(=O)O)cc1)c1nc2c(s1)CNCC2. The van der Waals surface area contributed by atoms with E-state index in [4.69, 9.17) is 5.11 Å². The summed E-state index contributed by atoms with van der Waals surface area (Å²) in [6.45, 7) is 1.67. The summed E-state index contributed by atoms with van der Waals surface area (Å²) < 4.78 is 25.7. The molecule has 0 radical (unpaired) electrons. The molecule has 2 heterocycles.